The van der Waals surface area contributed by atoms with Gasteiger partial charge in [0.2, 0.25) is 0 Å². The van der Waals surface area contributed by atoms with E-state index in [4.69, 9.17) is 9.84 Å². The van der Waals surface area contributed by atoms with Crippen molar-refractivity contribution in [2.45, 2.75) is 12.2 Å². The van der Waals surface area contributed by atoms with Crippen molar-refractivity contribution >= 4 is 0 Å². The van der Waals surface area contributed by atoms with Gasteiger partial charge in [-0.05, 0) is 0 Å². The van der Waals surface area contributed by atoms with Gasteiger partial charge in [0, 0.05) is 19.6 Å². The molecule has 0 bridgehead atoms. The normalized spacial score (nSPS) is 29.8. The number of ether oxygens (including phenoxy) is 1. The number of aliphatic hydroxyl groups excluding tert-OH is 3. The highest BCUT2D eigenvalue weighted by molar-refractivity contribution is 4.82. The van der Waals surface area contributed by atoms with E-state index in [9.17, 15) is 10.2 Å². The fourth-order valence-corrected chi connectivity index (χ4v) is 1.39. The zero-order chi connectivity index (χ0) is 9.68. The summed E-state index contributed by atoms with van der Waals surface area (Å²) in [5.74, 6) is 0. The van der Waals surface area contributed by atoms with Gasteiger partial charge < -0.3 is 20.1 Å². The van der Waals surface area contributed by atoms with E-state index in [2.05, 4.69) is 0 Å². The van der Waals surface area contributed by atoms with E-state index in [1.807, 2.05) is 4.90 Å². The molecule has 0 aromatic heterocycles. The van der Waals surface area contributed by atoms with Crippen LogP contribution >= 0.6 is 0 Å². The van der Waals surface area contributed by atoms with E-state index in [1.165, 1.54) is 0 Å². The summed E-state index contributed by atoms with van der Waals surface area (Å²) in [7, 11) is 0. The van der Waals surface area contributed by atoms with E-state index in [0.29, 0.717) is 32.8 Å². The van der Waals surface area contributed by atoms with Crippen molar-refractivity contribution in [1.82, 2.24) is 4.90 Å². The Labute approximate surface area is 77.5 Å². The Kier molecular flexibility index (Phi) is 4.61. The standard InChI is InChI=1S/C8H17NO4/c10-2-4-13-3-1-9-5-7(11)8(12)6-9/h7-8,10-12H,1-6H2/t7-,8+. The molecule has 1 aliphatic rings. The molecule has 1 aliphatic heterocycles. The van der Waals surface area contributed by atoms with Crippen LogP contribution in [0.2, 0.25) is 0 Å². The van der Waals surface area contributed by atoms with Crippen LogP contribution in [0, 0.1) is 0 Å². The molecule has 1 rings (SSSR count). The van der Waals surface area contributed by atoms with Gasteiger partial charge in [-0.2, -0.15) is 0 Å². The third-order valence-electron chi connectivity index (χ3n) is 2.12. The molecule has 13 heavy (non-hydrogen) atoms. The Hall–Kier alpha value is -0.200. The molecule has 0 radical (unpaired) electrons. The second-order valence-corrected chi connectivity index (χ2v) is 3.23. The lowest BCUT2D eigenvalue weighted by Gasteiger charge is -2.13. The van der Waals surface area contributed by atoms with Crippen LogP contribution in [0.4, 0.5) is 0 Å². The highest BCUT2D eigenvalue weighted by Crippen LogP contribution is 2.08. The molecule has 3 N–H and O–H groups in total. The molecular formula is C8H17NO4. The second kappa shape index (κ2) is 5.51. The summed E-state index contributed by atoms with van der Waals surface area (Å²) in [6.45, 7) is 2.60. The van der Waals surface area contributed by atoms with Crippen molar-refractivity contribution in [2.75, 3.05) is 39.5 Å². The van der Waals surface area contributed by atoms with E-state index in [0.717, 1.165) is 0 Å². The monoisotopic (exact) mass is 191 g/mol. The number of aliphatic hydroxyl groups is 3. The molecular weight excluding hydrogens is 174 g/mol. The van der Waals surface area contributed by atoms with Crippen LogP contribution in [0.15, 0.2) is 0 Å². The van der Waals surface area contributed by atoms with Crippen molar-refractivity contribution in [1.29, 1.82) is 0 Å². The summed E-state index contributed by atoms with van der Waals surface area (Å²) in [6.07, 6.45) is -1.25. The van der Waals surface area contributed by atoms with Gasteiger partial charge in [0.15, 0.2) is 0 Å². The zero-order valence-corrected chi connectivity index (χ0v) is 7.59. The van der Waals surface area contributed by atoms with Crippen molar-refractivity contribution in [3.63, 3.8) is 0 Å². The molecule has 0 unspecified atom stereocenters. The quantitative estimate of drug-likeness (QED) is 0.440. The van der Waals surface area contributed by atoms with Crippen molar-refractivity contribution in [3.8, 4) is 0 Å². The van der Waals surface area contributed by atoms with Gasteiger partial charge in [0.25, 0.3) is 0 Å². The summed E-state index contributed by atoms with van der Waals surface area (Å²) < 4.78 is 5.06. The highest BCUT2D eigenvalue weighted by atomic mass is 16.5. The average Bonchev–Trinajstić information content (AvgIpc) is 2.41. The maximum atomic E-state index is 9.20. The molecule has 0 amide bonds. The first-order valence-corrected chi connectivity index (χ1v) is 4.51. The Morgan fingerprint density at radius 2 is 1.77 bits per heavy atom. The summed E-state index contributed by atoms with van der Waals surface area (Å²) in [5.41, 5.74) is 0. The van der Waals surface area contributed by atoms with Gasteiger partial charge in [0.05, 0.1) is 32.0 Å². The van der Waals surface area contributed by atoms with Crippen LogP contribution in [0.1, 0.15) is 0 Å². The SMILES string of the molecule is OCCOCCN1C[C@@H](O)[C@@H](O)C1. The maximum absolute atomic E-state index is 9.20. The van der Waals surface area contributed by atoms with Crippen LogP contribution < -0.4 is 0 Å². The number of hydrogen-bond acceptors (Lipinski definition) is 5. The number of nitrogens with zero attached hydrogens (tertiary/aromatic N) is 1. The fourth-order valence-electron chi connectivity index (χ4n) is 1.39. The minimum Gasteiger partial charge on any atom is -0.394 e. The van der Waals surface area contributed by atoms with Gasteiger partial charge in [-0.3, -0.25) is 4.90 Å². The summed E-state index contributed by atoms with van der Waals surface area (Å²) >= 11 is 0. The van der Waals surface area contributed by atoms with Crippen LogP contribution in [-0.2, 0) is 4.74 Å². The van der Waals surface area contributed by atoms with Crippen molar-refractivity contribution in [3.05, 3.63) is 0 Å². The number of β-amino-alcohol motifs (C(OH)–C–C–N with tert-alkyl or cyclic N) is 2. The van der Waals surface area contributed by atoms with E-state index >= 15 is 0 Å². The topological polar surface area (TPSA) is 73.2 Å². The molecule has 0 aromatic rings. The molecule has 5 heteroatoms. The molecule has 5 nitrogen and oxygen atoms in total. The lowest BCUT2D eigenvalue weighted by atomic mass is 10.3. The first-order valence-electron chi connectivity index (χ1n) is 4.51. The minimum absolute atomic E-state index is 0.0330. The van der Waals surface area contributed by atoms with Crippen molar-refractivity contribution in [2.24, 2.45) is 0 Å². The third-order valence-corrected chi connectivity index (χ3v) is 2.12. The Bertz CT molecular complexity index is 134. The van der Waals surface area contributed by atoms with Gasteiger partial charge in [-0.25, -0.2) is 0 Å². The van der Waals surface area contributed by atoms with E-state index < -0.39 is 12.2 Å². The lowest BCUT2D eigenvalue weighted by Crippen LogP contribution is -2.26. The summed E-state index contributed by atoms with van der Waals surface area (Å²) in [4.78, 5) is 1.94. The molecule has 1 fully saturated rings. The van der Waals surface area contributed by atoms with E-state index in [-0.39, 0.29) is 6.61 Å². The van der Waals surface area contributed by atoms with Gasteiger partial charge in [0.1, 0.15) is 0 Å². The lowest BCUT2D eigenvalue weighted by molar-refractivity contribution is 0.0572. The van der Waals surface area contributed by atoms with E-state index in [1.54, 1.807) is 0 Å². The first-order chi connectivity index (χ1) is 6.24. The molecule has 0 saturated carbocycles. The Morgan fingerprint density at radius 1 is 1.15 bits per heavy atom. The predicted octanol–water partition coefficient (Wildman–Crippen LogP) is -1.97. The van der Waals surface area contributed by atoms with Crippen molar-refractivity contribution < 1.29 is 20.1 Å². The molecule has 0 spiro atoms. The number of likely N-dealkylation sites (tertiary alicyclic amines) is 1. The summed E-state index contributed by atoms with van der Waals surface area (Å²) in [6, 6.07) is 0. The summed E-state index contributed by atoms with van der Waals surface area (Å²) in [5, 5.41) is 26.8. The van der Waals surface area contributed by atoms with Crippen LogP contribution in [-0.4, -0.2) is 71.9 Å². The molecule has 2 atom stereocenters. The van der Waals surface area contributed by atoms with Gasteiger partial charge in [-0.1, -0.05) is 0 Å². The smallest absolute Gasteiger partial charge is 0.0938 e. The van der Waals surface area contributed by atoms with Crippen LogP contribution in [0.3, 0.4) is 0 Å². The molecule has 0 aromatic carbocycles. The number of hydrogen-bond donors (Lipinski definition) is 3. The zero-order valence-electron chi connectivity index (χ0n) is 7.59. The fraction of sp³-hybridized carbons (Fsp3) is 1.00. The molecule has 78 valence electrons. The van der Waals surface area contributed by atoms with Gasteiger partial charge >= 0.3 is 0 Å². The van der Waals surface area contributed by atoms with Gasteiger partial charge in [-0.15, -0.1) is 0 Å². The Morgan fingerprint density at radius 3 is 2.31 bits per heavy atom. The molecule has 1 heterocycles. The predicted molar refractivity (Wildman–Crippen MR) is 46.4 cm³/mol. The average molecular weight is 191 g/mol. The largest absolute Gasteiger partial charge is 0.394 e. The van der Waals surface area contributed by atoms with Crippen LogP contribution in [0.25, 0.3) is 0 Å². The second-order valence-electron chi connectivity index (χ2n) is 3.23. The first kappa shape index (κ1) is 10.9. The Balaban J connectivity index is 2.03. The highest BCUT2D eigenvalue weighted by Gasteiger charge is 2.28. The van der Waals surface area contributed by atoms with Crippen LogP contribution in [0.5, 0.6) is 0 Å². The molecule has 1 saturated heterocycles. The third kappa shape index (κ3) is 3.58. The number of rotatable bonds is 5. The minimum atomic E-state index is -0.627. The molecule has 0 aliphatic carbocycles. The maximum Gasteiger partial charge on any atom is 0.0938 e.